The molecule has 7 nitrogen and oxygen atoms in total. The summed E-state index contributed by atoms with van der Waals surface area (Å²) >= 11 is 0. The molecule has 1 aromatic carbocycles. The number of carbonyl (C=O) groups is 1. The van der Waals surface area contributed by atoms with Crippen LogP contribution >= 0.6 is 0 Å². The minimum Gasteiger partial charge on any atom is -0.352 e. The van der Waals surface area contributed by atoms with Gasteiger partial charge in [0.2, 0.25) is 0 Å². The maximum absolute atomic E-state index is 12.8. The van der Waals surface area contributed by atoms with Gasteiger partial charge in [0.1, 0.15) is 17.3 Å². The van der Waals surface area contributed by atoms with E-state index in [1.54, 1.807) is 12.3 Å². The second-order valence-electron chi connectivity index (χ2n) is 8.54. The Morgan fingerprint density at radius 2 is 2.00 bits per heavy atom. The molecule has 0 saturated carbocycles. The van der Waals surface area contributed by atoms with Gasteiger partial charge in [-0.05, 0) is 44.2 Å². The van der Waals surface area contributed by atoms with Gasteiger partial charge in [-0.2, -0.15) is 5.10 Å². The Kier molecular flexibility index (Phi) is 5.40. The van der Waals surface area contributed by atoms with Gasteiger partial charge in [0.25, 0.3) is 5.91 Å². The zero-order valence-corrected chi connectivity index (χ0v) is 17.9. The lowest BCUT2D eigenvalue weighted by Gasteiger charge is -2.34. The number of hydrogen-bond donors (Lipinski definition) is 1. The summed E-state index contributed by atoms with van der Waals surface area (Å²) in [7, 11) is 0. The van der Waals surface area contributed by atoms with Crippen LogP contribution in [0.15, 0.2) is 42.6 Å². The number of anilines is 1. The van der Waals surface area contributed by atoms with Gasteiger partial charge in [0.15, 0.2) is 0 Å². The molecule has 0 spiro atoms. The number of nitrogens with zero attached hydrogens (tertiary/aromatic N) is 5. The van der Waals surface area contributed by atoms with Gasteiger partial charge in [-0.1, -0.05) is 30.3 Å². The summed E-state index contributed by atoms with van der Waals surface area (Å²) in [5, 5.41) is 6.70. The van der Waals surface area contributed by atoms with Gasteiger partial charge in [-0.3, -0.25) is 9.89 Å². The highest BCUT2D eigenvalue weighted by molar-refractivity contribution is 5.92. The molecule has 2 aliphatic heterocycles. The van der Waals surface area contributed by atoms with Crippen LogP contribution in [0.3, 0.4) is 0 Å². The number of aromatic amines is 1. The van der Waals surface area contributed by atoms with Crippen LogP contribution in [0.1, 0.15) is 58.3 Å². The number of amides is 1. The number of rotatable bonds is 4. The molecular formula is C24H28N6O. The molecule has 1 atom stereocenters. The molecule has 4 heterocycles. The Labute approximate surface area is 182 Å². The normalized spacial score (nSPS) is 18.7. The summed E-state index contributed by atoms with van der Waals surface area (Å²) < 4.78 is 0. The van der Waals surface area contributed by atoms with Gasteiger partial charge in [-0.15, -0.1) is 0 Å². The third kappa shape index (κ3) is 4.04. The minimum absolute atomic E-state index is 0.00239. The van der Waals surface area contributed by atoms with Gasteiger partial charge in [0, 0.05) is 49.6 Å². The number of fused-ring (bicyclic) bond motifs is 1. The molecule has 2 aromatic heterocycles. The van der Waals surface area contributed by atoms with E-state index in [1.165, 1.54) is 11.1 Å². The average molecular weight is 417 g/mol. The highest BCUT2D eigenvalue weighted by Crippen LogP contribution is 2.32. The molecule has 1 saturated heterocycles. The molecule has 1 amide bonds. The van der Waals surface area contributed by atoms with Crippen LogP contribution in [0.25, 0.3) is 0 Å². The molecule has 0 bridgehead atoms. The van der Waals surface area contributed by atoms with Crippen molar-refractivity contribution in [2.24, 2.45) is 0 Å². The molecule has 1 N–H and O–H groups in total. The van der Waals surface area contributed by atoms with E-state index < -0.39 is 0 Å². The Morgan fingerprint density at radius 3 is 2.81 bits per heavy atom. The fraction of sp³-hybridized carbons (Fsp3) is 0.417. The highest BCUT2D eigenvalue weighted by Gasteiger charge is 2.30. The van der Waals surface area contributed by atoms with E-state index >= 15 is 0 Å². The van der Waals surface area contributed by atoms with Gasteiger partial charge in [-0.25, -0.2) is 9.97 Å². The maximum Gasteiger partial charge on any atom is 0.271 e. The smallest absolute Gasteiger partial charge is 0.271 e. The van der Waals surface area contributed by atoms with E-state index in [0.717, 1.165) is 62.7 Å². The molecule has 0 unspecified atom stereocenters. The fourth-order valence-corrected chi connectivity index (χ4v) is 4.77. The van der Waals surface area contributed by atoms with Crippen LogP contribution < -0.4 is 4.90 Å². The number of H-pyrrole nitrogens is 1. The lowest BCUT2D eigenvalue weighted by Crippen LogP contribution is -2.40. The van der Waals surface area contributed by atoms with Crippen molar-refractivity contribution >= 4 is 11.7 Å². The van der Waals surface area contributed by atoms with Crippen LogP contribution in [-0.2, 0) is 13.0 Å². The maximum atomic E-state index is 12.8. The molecule has 31 heavy (non-hydrogen) atoms. The number of benzene rings is 1. The molecule has 5 rings (SSSR count). The molecule has 7 heteroatoms. The summed E-state index contributed by atoms with van der Waals surface area (Å²) in [5.41, 5.74) is 4.18. The second-order valence-corrected chi connectivity index (χ2v) is 8.54. The third-order valence-corrected chi connectivity index (χ3v) is 6.38. The molecule has 160 valence electrons. The molecule has 1 fully saturated rings. The van der Waals surface area contributed by atoms with Crippen LogP contribution in [-0.4, -0.2) is 50.6 Å². The van der Waals surface area contributed by atoms with Crippen molar-refractivity contribution in [3.63, 3.8) is 0 Å². The van der Waals surface area contributed by atoms with E-state index in [4.69, 9.17) is 9.97 Å². The first-order chi connectivity index (χ1) is 15.2. The molecule has 3 aromatic rings. The number of aromatic nitrogens is 4. The van der Waals surface area contributed by atoms with E-state index in [1.807, 2.05) is 4.90 Å². The predicted molar refractivity (Wildman–Crippen MR) is 119 cm³/mol. The third-order valence-electron chi connectivity index (χ3n) is 6.38. The lowest BCUT2D eigenvalue weighted by molar-refractivity contribution is 0.0698. The quantitative estimate of drug-likeness (QED) is 0.705. The molecule has 0 radical (unpaired) electrons. The van der Waals surface area contributed by atoms with Crippen LogP contribution in [0.5, 0.6) is 0 Å². The number of nitrogens with one attached hydrogen (secondary N) is 1. The number of hydrogen-bond acceptors (Lipinski definition) is 5. The molecule has 2 aliphatic rings. The van der Waals surface area contributed by atoms with Crippen molar-refractivity contribution in [3.05, 3.63) is 70.9 Å². The highest BCUT2D eigenvalue weighted by atomic mass is 16.2. The van der Waals surface area contributed by atoms with Gasteiger partial charge < -0.3 is 9.80 Å². The van der Waals surface area contributed by atoms with E-state index in [2.05, 4.69) is 52.4 Å². The monoisotopic (exact) mass is 416 g/mol. The summed E-state index contributed by atoms with van der Waals surface area (Å²) in [6, 6.07) is 12.3. The molecular weight excluding hydrogens is 388 g/mol. The molecule has 0 aliphatic carbocycles. The van der Waals surface area contributed by atoms with Crippen molar-refractivity contribution in [1.82, 2.24) is 25.1 Å². The van der Waals surface area contributed by atoms with Crippen molar-refractivity contribution in [2.45, 2.75) is 45.1 Å². The summed E-state index contributed by atoms with van der Waals surface area (Å²) in [6.07, 6.45) is 5.73. The zero-order valence-electron chi connectivity index (χ0n) is 17.9. The summed E-state index contributed by atoms with van der Waals surface area (Å²) in [5.74, 6) is 2.11. The first kappa shape index (κ1) is 19.7. The standard InChI is InChI=1S/C24H28N6O/c1-17-20-10-6-13-29(15-18-7-3-2-4-8-18)23(20)27-22(26-17)19-9-5-14-30(16-19)24(31)21-11-12-25-28-21/h2-4,7-8,11-12,19H,5-6,9-10,13-16H2,1H3,(H,25,28)/t19-/m0/s1. The van der Waals surface area contributed by atoms with Crippen LogP contribution in [0.4, 0.5) is 5.82 Å². The Hall–Kier alpha value is -3.22. The first-order valence-electron chi connectivity index (χ1n) is 11.1. The van der Waals surface area contributed by atoms with Crippen LogP contribution in [0.2, 0.25) is 0 Å². The number of aryl methyl sites for hydroxylation is 1. The Morgan fingerprint density at radius 1 is 1.13 bits per heavy atom. The summed E-state index contributed by atoms with van der Waals surface area (Å²) in [6.45, 7) is 5.38. The topological polar surface area (TPSA) is 78.0 Å². The number of likely N-dealkylation sites (tertiary alicyclic amines) is 1. The zero-order chi connectivity index (χ0) is 21.2. The lowest BCUT2D eigenvalue weighted by atomic mass is 9.95. The van der Waals surface area contributed by atoms with Crippen molar-refractivity contribution in [1.29, 1.82) is 0 Å². The SMILES string of the molecule is Cc1nc([C@H]2CCCN(C(=O)c3ccn[nH]3)C2)nc2c1CCCN2Cc1ccccc1. The summed E-state index contributed by atoms with van der Waals surface area (Å²) in [4.78, 5) is 27.1. The predicted octanol–water partition coefficient (Wildman–Crippen LogP) is 3.48. The van der Waals surface area contributed by atoms with Crippen molar-refractivity contribution in [2.75, 3.05) is 24.5 Å². The van der Waals surface area contributed by atoms with Gasteiger partial charge >= 0.3 is 0 Å². The second kappa shape index (κ2) is 8.49. The van der Waals surface area contributed by atoms with Gasteiger partial charge in [0.05, 0.1) is 0 Å². The number of piperidine rings is 1. The van der Waals surface area contributed by atoms with Crippen molar-refractivity contribution in [3.8, 4) is 0 Å². The van der Waals surface area contributed by atoms with Crippen LogP contribution in [0, 0.1) is 6.92 Å². The minimum atomic E-state index is 0.00239. The van der Waals surface area contributed by atoms with E-state index in [0.29, 0.717) is 12.2 Å². The Balaban J connectivity index is 1.40. The largest absolute Gasteiger partial charge is 0.352 e. The van der Waals surface area contributed by atoms with E-state index in [9.17, 15) is 4.79 Å². The number of carbonyl (C=O) groups excluding carboxylic acids is 1. The average Bonchev–Trinajstić information content (AvgIpc) is 3.35. The van der Waals surface area contributed by atoms with E-state index in [-0.39, 0.29) is 11.8 Å². The Bertz CT molecular complexity index is 1050. The fourth-order valence-electron chi connectivity index (χ4n) is 4.77. The first-order valence-corrected chi connectivity index (χ1v) is 11.1. The van der Waals surface area contributed by atoms with Crippen molar-refractivity contribution < 1.29 is 4.79 Å².